The van der Waals surface area contributed by atoms with Crippen LogP contribution in [-0.4, -0.2) is 5.11 Å². The Morgan fingerprint density at radius 2 is 2.07 bits per heavy atom. The number of aromatic hydroxyl groups is 1. The highest BCUT2D eigenvalue weighted by molar-refractivity contribution is 5.51. The van der Waals surface area contributed by atoms with Crippen molar-refractivity contribution in [3.63, 3.8) is 0 Å². The number of nitriles is 1. The van der Waals surface area contributed by atoms with E-state index in [1.54, 1.807) is 6.07 Å². The number of benzene rings is 1. The van der Waals surface area contributed by atoms with Crippen LogP contribution in [0.3, 0.4) is 0 Å². The molecule has 1 aliphatic rings. The van der Waals surface area contributed by atoms with Crippen molar-refractivity contribution in [1.82, 2.24) is 0 Å². The molecule has 0 unspecified atom stereocenters. The van der Waals surface area contributed by atoms with Crippen molar-refractivity contribution in [2.45, 2.75) is 18.8 Å². The Morgan fingerprint density at radius 3 is 2.57 bits per heavy atom. The van der Waals surface area contributed by atoms with Crippen LogP contribution in [-0.2, 0) is 0 Å². The van der Waals surface area contributed by atoms with Crippen molar-refractivity contribution < 1.29 is 13.9 Å². The number of rotatable bonds is 1. The van der Waals surface area contributed by atoms with Crippen LogP contribution in [0, 0.1) is 23.0 Å². The molecule has 0 radical (unpaired) electrons. The topological polar surface area (TPSA) is 44.0 Å². The van der Waals surface area contributed by atoms with Crippen molar-refractivity contribution in [2.24, 2.45) is 0 Å². The van der Waals surface area contributed by atoms with Gasteiger partial charge in [0.05, 0.1) is 5.56 Å². The summed E-state index contributed by atoms with van der Waals surface area (Å²) in [5, 5.41) is 18.0. The van der Waals surface area contributed by atoms with Crippen LogP contribution in [0.25, 0.3) is 0 Å². The van der Waals surface area contributed by atoms with Gasteiger partial charge in [0, 0.05) is 5.56 Å². The lowest BCUT2D eigenvalue weighted by Crippen LogP contribution is -1.96. The van der Waals surface area contributed by atoms with Gasteiger partial charge in [-0.15, -0.1) is 0 Å². The molecule has 2 rings (SSSR count). The highest BCUT2D eigenvalue weighted by atomic mass is 19.2. The fourth-order valence-electron chi connectivity index (χ4n) is 1.47. The first-order valence-electron chi connectivity index (χ1n) is 4.26. The summed E-state index contributed by atoms with van der Waals surface area (Å²) in [5.41, 5.74) is -0.243. The molecule has 0 spiro atoms. The predicted molar refractivity (Wildman–Crippen MR) is 44.7 cm³/mol. The molecule has 0 aromatic heterocycles. The lowest BCUT2D eigenvalue weighted by Gasteiger charge is -2.06. The Labute approximate surface area is 79.4 Å². The average molecular weight is 195 g/mol. The zero-order valence-corrected chi connectivity index (χ0v) is 7.22. The SMILES string of the molecule is N#Cc1cc(F)c(F)c(C2CC2)c1O. The second-order valence-corrected chi connectivity index (χ2v) is 3.37. The normalized spacial score (nSPS) is 15.2. The fourth-order valence-corrected chi connectivity index (χ4v) is 1.47. The van der Waals surface area contributed by atoms with Crippen LogP contribution < -0.4 is 0 Å². The van der Waals surface area contributed by atoms with E-state index in [1.165, 1.54) is 0 Å². The highest BCUT2D eigenvalue weighted by Crippen LogP contribution is 2.46. The van der Waals surface area contributed by atoms with Crippen LogP contribution in [0.4, 0.5) is 8.78 Å². The molecular weight excluding hydrogens is 188 g/mol. The number of halogens is 2. The fraction of sp³-hybridized carbons (Fsp3) is 0.300. The Bertz CT molecular complexity index is 433. The molecule has 4 heteroatoms. The molecule has 1 N–H and O–H groups in total. The van der Waals surface area contributed by atoms with Crippen molar-refractivity contribution >= 4 is 0 Å². The van der Waals surface area contributed by atoms with E-state index in [0.29, 0.717) is 0 Å². The lowest BCUT2D eigenvalue weighted by molar-refractivity contribution is 0.440. The first kappa shape index (κ1) is 8.95. The lowest BCUT2D eigenvalue weighted by atomic mass is 10.0. The average Bonchev–Trinajstić information content (AvgIpc) is 2.95. The van der Waals surface area contributed by atoms with Gasteiger partial charge in [-0.25, -0.2) is 8.78 Å². The zero-order chi connectivity index (χ0) is 10.3. The number of phenolic OH excluding ortho intramolecular Hbond substituents is 1. The quantitative estimate of drug-likeness (QED) is 0.747. The third-order valence-electron chi connectivity index (χ3n) is 2.33. The maximum absolute atomic E-state index is 13.2. The summed E-state index contributed by atoms with van der Waals surface area (Å²) in [6.45, 7) is 0. The number of hydrogen-bond acceptors (Lipinski definition) is 2. The Hall–Kier alpha value is -1.63. The molecule has 0 heterocycles. The Kier molecular flexibility index (Phi) is 1.88. The van der Waals surface area contributed by atoms with E-state index in [0.717, 1.165) is 18.9 Å². The monoisotopic (exact) mass is 195 g/mol. The van der Waals surface area contributed by atoms with Gasteiger partial charge in [0.2, 0.25) is 0 Å². The van der Waals surface area contributed by atoms with Crippen LogP contribution >= 0.6 is 0 Å². The Morgan fingerprint density at radius 1 is 1.43 bits per heavy atom. The zero-order valence-electron chi connectivity index (χ0n) is 7.22. The second-order valence-electron chi connectivity index (χ2n) is 3.37. The van der Waals surface area contributed by atoms with Gasteiger partial charge in [-0.05, 0) is 24.8 Å². The molecule has 72 valence electrons. The van der Waals surface area contributed by atoms with E-state index >= 15 is 0 Å². The third kappa shape index (κ3) is 1.22. The number of phenols is 1. The van der Waals surface area contributed by atoms with Crippen LogP contribution in [0.1, 0.15) is 29.9 Å². The molecular formula is C10H7F2NO. The molecule has 1 aromatic carbocycles. The minimum absolute atomic E-state index is 0.0402. The van der Waals surface area contributed by atoms with Crippen molar-refractivity contribution in [1.29, 1.82) is 5.26 Å². The largest absolute Gasteiger partial charge is 0.506 e. The highest BCUT2D eigenvalue weighted by Gasteiger charge is 2.32. The number of hydrogen-bond donors (Lipinski definition) is 1. The van der Waals surface area contributed by atoms with E-state index in [1.807, 2.05) is 0 Å². The summed E-state index contributed by atoms with van der Waals surface area (Å²) >= 11 is 0. The number of nitrogens with zero attached hydrogens (tertiary/aromatic N) is 1. The van der Waals surface area contributed by atoms with E-state index in [9.17, 15) is 13.9 Å². The predicted octanol–water partition coefficient (Wildman–Crippen LogP) is 2.42. The van der Waals surface area contributed by atoms with E-state index < -0.39 is 17.4 Å². The van der Waals surface area contributed by atoms with Crippen molar-refractivity contribution in [3.05, 3.63) is 28.8 Å². The molecule has 1 aromatic rings. The van der Waals surface area contributed by atoms with Gasteiger partial charge in [0.15, 0.2) is 11.6 Å². The van der Waals surface area contributed by atoms with Crippen LogP contribution in [0.2, 0.25) is 0 Å². The molecule has 0 bridgehead atoms. The third-order valence-corrected chi connectivity index (χ3v) is 2.33. The smallest absolute Gasteiger partial charge is 0.166 e. The van der Waals surface area contributed by atoms with Gasteiger partial charge in [0.1, 0.15) is 11.8 Å². The standard InChI is InChI=1S/C10H7F2NO/c11-7-3-6(4-13)10(14)8(9(7)12)5-1-2-5/h3,5,14H,1-2H2. The minimum atomic E-state index is -1.07. The van der Waals surface area contributed by atoms with Gasteiger partial charge in [-0.2, -0.15) is 5.26 Å². The molecule has 14 heavy (non-hydrogen) atoms. The van der Waals surface area contributed by atoms with E-state index in [4.69, 9.17) is 5.26 Å². The van der Waals surface area contributed by atoms with Gasteiger partial charge in [0.25, 0.3) is 0 Å². The molecule has 2 nitrogen and oxygen atoms in total. The van der Waals surface area contributed by atoms with Crippen LogP contribution in [0.15, 0.2) is 6.07 Å². The summed E-state index contributed by atoms with van der Waals surface area (Å²) < 4.78 is 26.2. The van der Waals surface area contributed by atoms with Crippen molar-refractivity contribution in [3.8, 4) is 11.8 Å². The first-order chi connectivity index (χ1) is 6.65. The van der Waals surface area contributed by atoms with E-state index in [2.05, 4.69) is 0 Å². The molecule has 0 saturated heterocycles. The minimum Gasteiger partial charge on any atom is -0.506 e. The second kappa shape index (κ2) is 2.95. The maximum Gasteiger partial charge on any atom is 0.166 e. The maximum atomic E-state index is 13.2. The first-order valence-corrected chi connectivity index (χ1v) is 4.26. The molecule has 0 amide bonds. The summed E-state index contributed by atoms with van der Waals surface area (Å²) in [4.78, 5) is 0. The molecule has 1 aliphatic carbocycles. The summed E-state index contributed by atoms with van der Waals surface area (Å²) in [7, 11) is 0. The molecule has 0 aliphatic heterocycles. The molecule has 0 atom stereocenters. The molecule has 1 fully saturated rings. The molecule has 1 saturated carbocycles. The van der Waals surface area contributed by atoms with Gasteiger partial charge < -0.3 is 5.11 Å². The van der Waals surface area contributed by atoms with Crippen molar-refractivity contribution in [2.75, 3.05) is 0 Å². The summed E-state index contributed by atoms with van der Waals surface area (Å²) in [5.74, 6) is -2.63. The van der Waals surface area contributed by atoms with Gasteiger partial charge in [-0.3, -0.25) is 0 Å². The summed E-state index contributed by atoms with van der Waals surface area (Å²) in [6.07, 6.45) is 1.47. The Balaban J connectivity index is 2.66. The van der Waals surface area contributed by atoms with Gasteiger partial charge in [-0.1, -0.05) is 0 Å². The van der Waals surface area contributed by atoms with E-state index in [-0.39, 0.29) is 17.0 Å². The van der Waals surface area contributed by atoms with Gasteiger partial charge >= 0.3 is 0 Å². The summed E-state index contributed by atoms with van der Waals surface area (Å²) in [6, 6.07) is 2.35. The van der Waals surface area contributed by atoms with Crippen LogP contribution in [0.5, 0.6) is 5.75 Å².